The van der Waals surface area contributed by atoms with Gasteiger partial charge < -0.3 is 15.3 Å². The van der Waals surface area contributed by atoms with E-state index in [-0.39, 0.29) is 21.5 Å². The highest BCUT2D eigenvalue weighted by Crippen LogP contribution is 2.55. The van der Waals surface area contributed by atoms with Crippen molar-refractivity contribution < 1.29 is 32.3 Å². The Labute approximate surface area is 297 Å². The summed E-state index contributed by atoms with van der Waals surface area (Å²) >= 11 is 12.6. The van der Waals surface area contributed by atoms with Gasteiger partial charge in [0.2, 0.25) is 5.91 Å². The molecule has 1 aromatic carbocycles. The number of sulfone groups is 1. The predicted molar refractivity (Wildman–Crippen MR) is 179 cm³/mol. The molecule has 2 aromatic heterocycles. The molecule has 3 aromatic rings. The summed E-state index contributed by atoms with van der Waals surface area (Å²) in [5, 5.41) is 25.2. The molecule has 1 aliphatic carbocycles. The SMILES string of the molecule is Cn1cc(-c2ccc(S(=O)(=O)[C@@H]3C[C@@H](C(=O)NC4(C#N)CC4)N(C(=O)C4(c5ncc(Cl)cc5F)C(C(C)(C)C)CN4C(=O)O)C3)c(Cl)c2)cn1. The lowest BCUT2D eigenvalue weighted by molar-refractivity contribution is -0.176. The maximum absolute atomic E-state index is 15.9. The Bertz CT molecular complexity index is 2080. The molecule has 2 N–H and O–H groups in total. The van der Waals surface area contributed by atoms with Gasteiger partial charge in [0.15, 0.2) is 15.4 Å². The maximum Gasteiger partial charge on any atom is 0.408 e. The summed E-state index contributed by atoms with van der Waals surface area (Å²) in [4.78, 5) is 47.4. The van der Waals surface area contributed by atoms with Crippen LogP contribution in [0.2, 0.25) is 10.0 Å². The second-order valence-corrected chi connectivity index (χ2v) is 17.2. The second kappa shape index (κ2) is 12.2. The standard InChI is InChI=1S/C33H34Cl2FN7O6S/c1-31(2,3)26-16-43(30(46)47)33(26,27-23(36)10-20(34)13-38-27)29(45)42-15-21(11-24(42)28(44)40-32(17-37)7-8-32)50(48,49)25-6-5-18(9-22(25)35)19-12-39-41(4)14-19/h5-6,9-10,12-14,21,24,26H,7-8,11,15-16H2,1-4H3,(H,40,44)(H,46,47)/t21-,24+,26?,33?/m1/s1. The van der Waals surface area contributed by atoms with Gasteiger partial charge in [-0.3, -0.25) is 24.2 Å². The number of hydrogen-bond acceptors (Lipinski definition) is 8. The molecule has 2 unspecified atom stereocenters. The fraction of sp³-hybridized carbons (Fsp3) is 0.455. The number of nitrogens with one attached hydrogen (secondary N) is 1. The van der Waals surface area contributed by atoms with Crippen molar-refractivity contribution in [3.8, 4) is 17.2 Å². The van der Waals surface area contributed by atoms with E-state index in [1.54, 1.807) is 51.0 Å². The Morgan fingerprint density at radius 2 is 1.82 bits per heavy atom. The summed E-state index contributed by atoms with van der Waals surface area (Å²) in [6.45, 7) is 4.55. The van der Waals surface area contributed by atoms with Crippen molar-refractivity contribution in [3.05, 3.63) is 64.4 Å². The highest BCUT2D eigenvalue weighted by molar-refractivity contribution is 7.92. The van der Waals surface area contributed by atoms with Crippen molar-refractivity contribution in [2.45, 2.75) is 67.3 Å². The van der Waals surface area contributed by atoms with Gasteiger partial charge in [-0.15, -0.1) is 0 Å². The lowest BCUT2D eigenvalue weighted by atomic mass is 9.59. The summed E-state index contributed by atoms with van der Waals surface area (Å²) in [6.07, 6.45) is 3.20. The van der Waals surface area contributed by atoms with Crippen LogP contribution in [-0.4, -0.2) is 85.9 Å². The van der Waals surface area contributed by atoms with E-state index in [0.717, 1.165) is 22.1 Å². The van der Waals surface area contributed by atoms with E-state index in [1.807, 2.05) is 0 Å². The Morgan fingerprint density at radius 1 is 1.12 bits per heavy atom. The van der Waals surface area contributed by atoms with Gasteiger partial charge in [0.1, 0.15) is 23.1 Å². The molecule has 2 aliphatic heterocycles. The Balaban J connectivity index is 1.45. The first kappa shape index (κ1) is 35.6. The van der Waals surface area contributed by atoms with Crippen LogP contribution in [-0.2, 0) is 32.0 Å². The average Bonchev–Trinajstić information content (AvgIpc) is 3.40. The summed E-state index contributed by atoms with van der Waals surface area (Å²) in [5.41, 5.74) is -3.47. The van der Waals surface area contributed by atoms with Crippen LogP contribution in [0.5, 0.6) is 0 Å². The number of pyridine rings is 1. The van der Waals surface area contributed by atoms with Crippen molar-refractivity contribution in [1.82, 2.24) is 29.9 Å². The van der Waals surface area contributed by atoms with Crippen molar-refractivity contribution in [2.75, 3.05) is 13.1 Å². The van der Waals surface area contributed by atoms with Crippen LogP contribution in [0, 0.1) is 28.5 Å². The molecule has 6 rings (SSSR count). The number of aromatic nitrogens is 3. The van der Waals surface area contributed by atoms with Crippen molar-refractivity contribution in [1.29, 1.82) is 5.26 Å². The Kier molecular flexibility index (Phi) is 8.68. The summed E-state index contributed by atoms with van der Waals surface area (Å²) < 4.78 is 46.0. The molecule has 264 valence electrons. The molecule has 2 saturated heterocycles. The third-order valence-corrected chi connectivity index (χ3v) is 12.8. The van der Waals surface area contributed by atoms with Crippen LogP contribution in [0.25, 0.3) is 11.1 Å². The normalized spacial score (nSPS) is 24.3. The number of nitrogens with zero attached hydrogens (tertiary/aromatic N) is 6. The third-order valence-electron chi connectivity index (χ3n) is 9.93. The van der Waals surface area contributed by atoms with Gasteiger partial charge in [-0.2, -0.15) is 10.4 Å². The first-order chi connectivity index (χ1) is 23.4. The number of amides is 3. The lowest BCUT2D eigenvalue weighted by Gasteiger charge is -2.60. The van der Waals surface area contributed by atoms with Gasteiger partial charge in [-0.1, -0.05) is 50.0 Å². The number of rotatable bonds is 7. The van der Waals surface area contributed by atoms with E-state index in [9.17, 15) is 28.4 Å². The van der Waals surface area contributed by atoms with Crippen molar-refractivity contribution in [3.63, 3.8) is 0 Å². The molecule has 0 radical (unpaired) electrons. The predicted octanol–water partition coefficient (Wildman–Crippen LogP) is 4.39. The minimum atomic E-state index is -4.34. The fourth-order valence-corrected chi connectivity index (χ4v) is 9.49. The molecule has 3 fully saturated rings. The third kappa shape index (κ3) is 5.76. The number of halogens is 3. The molecule has 50 heavy (non-hydrogen) atoms. The van der Waals surface area contributed by atoms with Crippen LogP contribution >= 0.6 is 23.2 Å². The van der Waals surface area contributed by atoms with Gasteiger partial charge in [0.25, 0.3) is 5.91 Å². The highest BCUT2D eigenvalue weighted by Gasteiger charge is 2.69. The van der Waals surface area contributed by atoms with Gasteiger partial charge >= 0.3 is 6.09 Å². The molecule has 4 atom stereocenters. The average molecular weight is 747 g/mol. The molecule has 3 amide bonds. The zero-order valence-corrected chi connectivity index (χ0v) is 29.9. The smallest absolute Gasteiger partial charge is 0.408 e. The molecule has 3 aliphatic rings. The van der Waals surface area contributed by atoms with Crippen LogP contribution < -0.4 is 5.32 Å². The fourth-order valence-electron chi connectivity index (χ4n) is 7.10. The van der Waals surface area contributed by atoms with Crippen LogP contribution in [0.1, 0.15) is 45.7 Å². The zero-order valence-electron chi connectivity index (χ0n) is 27.5. The molecular weight excluding hydrogens is 712 g/mol. The van der Waals surface area contributed by atoms with E-state index in [4.69, 9.17) is 23.2 Å². The van der Waals surface area contributed by atoms with Crippen molar-refractivity contribution in [2.24, 2.45) is 18.4 Å². The largest absolute Gasteiger partial charge is 0.465 e. The van der Waals surface area contributed by atoms with E-state index in [0.29, 0.717) is 24.0 Å². The van der Waals surface area contributed by atoms with Gasteiger partial charge in [-0.25, -0.2) is 17.6 Å². The Morgan fingerprint density at radius 3 is 2.36 bits per heavy atom. The summed E-state index contributed by atoms with van der Waals surface area (Å²) in [7, 11) is -2.61. The van der Waals surface area contributed by atoms with Crippen molar-refractivity contribution >= 4 is 50.9 Å². The quantitative estimate of drug-likeness (QED) is 0.355. The first-order valence-corrected chi connectivity index (χ1v) is 18.0. The second-order valence-electron chi connectivity index (χ2n) is 14.2. The number of likely N-dealkylation sites (tertiary alicyclic amines) is 2. The first-order valence-electron chi connectivity index (χ1n) is 15.7. The number of carbonyl (C=O) groups is 3. The minimum Gasteiger partial charge on any atom is -0.465 e. The summed E-state index contributed by atoms with van der Waals surface area (Å²) in [5.74, 6) is -3.71. The van der Waals surface area contributed by atoms with E-state index in [2.05, 4.69) is 21.5 Å². The lowest BCUT2D eigenvalue weighted by Crippen LogP contribution is -2.76. The van der Waals surface area contributed by atoms with Crippen LogP contribution in [0.3, 0.4) is 0 Å². The number of nitriles is 1. The number of aryl methyl sites for hydroxylation is 1. The van der Waals surface area contributed by atoms with E-state index < -0.39 is 85.9 Å². The van der Waals surface area contributed by atoms with E-state index in [1.165, 1.54) is 12.1 Å². The molecule has 13 nitrogen and oxygen atoms in total. The summed E-state index contributed by atoms with van der Waals surface area (Å²) in [6, 6.07) is 5.89. The van der Waals surface area contributed by atoms with Crippen LogP contribution in [0.15, 0.2) is 47.8 Å². The number of carbonyl (C=O) groups excluding carboxylic acids is 2. The topological polar surface area (TPSA) is 179 Å². The van der Waals surface area contributed by atoms with Gasteiger partial charge in [0.05, 0.1) is 32.5 Å². The molecule has 17 heteroatoms. The Hall–Kier alpha value is -4.26. The highest BCUT2D eigenvalue weighted by atomic mass is 35.5. The molecule has 1 saturated carbocycles. The maximum atomic E-state index is 15.9. The molecule has 0 bridgehead atoms. The van der Waals surface area contributed by atoms with Gasteiger partial charge in [0, 0.05) is 44.0 Å². The van der Waals surface area contributed by atoms with Crippen LogP contribution in [0.4, 0.5) is 9.18 Å². The van der Waals surface area contributed by atoms with Gasteiger partial charge in [-0.05, 0) is 48.4 Å². The van der Waals surface area contributed by atoms with E-state index >= 15 is 9.18 Å². The zero-order chi connectivity index (χ0) is 36.6. The number of hydrogen-bond donors (Lipinski definition) is 2. The number of carboxylic acid groups (broad SMARTS) is 1. The molecular formula is C33H34Cl2FN7O6S. The number of benzene rings is 1. The minimum absolute atomic E-state index is 0.0914. The molecule has 4 heterocycles. The monoisotopic (exact) mass is 745 g/mol. The molecule has 0 spiro atoms.